The summed E-state index contributed by atoms with van der Waals surface area (Å²) in [5, 5.41) is 0. The van der Waals surface area contributed by atoms with Crippen LogP contribution in [0.5, 0.6) is 11.5 Å². The van der Waals surface area contributed by atoms with Crippen molar-refractivity contribution in [2.45, 2.75) is 33.8 Å². The Labute approximate surface area is 159 Å². The van der Waals surface area contributed by atoms with Crippen LogP contribution >= 0.6 is 0 Å². The van der Waals surface area contributed by atoms with Crippen LogP contribution in [0.1, 0.15) is 37.5 Å². The summed E-state index contributed by atoms with van der Waals surface area (Å²) in [6.07, 6.45) is 1.73. The number of esters is 1. The molecule has 2 aromatic carbocycles. The van der Waals surface area contributed by atoms with Gasteiger partial charge in [-0.15, -0.1) is 0 Å². The Balaban J connectivity index is 1.89. The standard InChI is InChI=1S/C22H23NO4/c1-5-25-20-13-16(8-11-19(20)26-14(2)3)12-18-22(24)27-21(23-18)17-9-6-15(4)7-10-17/h6-14H,5H2,1-4H3/b18-12-. The average Bonchev–Trinajstić information content (AvgIpc) is 2.98. The summed E-state index contributed by atoms with van der Waals surface area (Å²) >= 11 is 0. The maximum atomic E-state index is 12.2. The van der Waals surface area contributed by atoms with Crippen LogP contribution in [0.4, 0.5) is 0 Å². The van der Waals surface area contributed by atoms with E-state index in [0.29, 0.717) is 24.0 Å². The summed E-state index contributed by atoms with van der Waals surface area (Å²) in [6.45, 7) is 8.35. The molecule has 2 aromatic rings. The molecule has 0 saturated heterocycles. The minimum Gasteiger partial charge on any atom is -0.490 e. The number of aliphatic imine (C=N–C) groups is 1. The van der Waals surface area contributed by atoms with Crippen LogP contribution in [0.2, 0.25) is 0 Å². The van der Waals surface area contributed by atoms with Gasteiger partial charge < -0.3 is 14.2 Å². The van der Waals surface area contributed by atoms with Crippen LogP contribution < -0.4 is 9.47 Å². The Bertz CT molecular complexity index is 895. The highest BCUT2D eigenvalue weighted by atomic mass is 16.6. The number of hydrogen-bond acceptors (Lipinski definition) is 5. The molecule has 0 fully saturated rings. The molecule has 3 rings (SSSR count). The van der Waals surface area contributed by atoms with E-state index in [0.717, 1.165) is 16.7 Å². The second-order valence-electron chi connectivity index (χ2n) is 6.51. The molecule has 5 nitrogen and oxygen atoms in total. The smallest absolute Gasteiger partial charge is 0.363 e. The van der Waals surface area contributed by atoms with Crippen molar-refractivity contribution >= 4 is 17.9 Å². The van der Waals surface area contributed by atoms with Crippen molar-refractivity contribution in [3.63, 3.8) is 0 Å². The molecule has 0 unspecified atom stereocenters. The van der Waals surface area contributed by atoms with Crippen LogP contribution in [-0.2, 0) is 9.53 Å². The third-order valence-electron chi connectivity index (χ3n) is 3.85. The molecule has 0 N–H and O–H groups in total. The first-order valence-electron chi connectivity index (χ1n) is 8.99. The number of aryl methyl sites for hydroxylation is 1. The molecule has 0 amide bonds. The predicted octanol–water partition coefficient (Wildman–Crippen LogP) is 4.53. The molecule has 1 aliphatic rings. The number of carbonyl (C=O) groups is 1. The quantitative estimate of drug-likeness (QED) is 0.558. The van der Waals surface area contributed by atoms with Crippen molar-refractivity contribution in [3.05, 3.63) is 64.9 Å². The molecule has 0 aliphatic carbocycles. The van der Waals surface area contributed by atoms with Crippen molar-refractivity contribution in [1.29, 1.82) is 0 Å². The van der Waals surface area contributed by atoms with Crippen molar-refractivity contribution in [3.8, 4) is 11.5 Å². The van der Waals surface area contributed by atoms with E-state index in [4.69, 9.17) is 14.2 Å². The monoisotopic (exact) mass is 365 g/mol. The van der Waals surface area contributed by atoms with Gasteiger partial charge in [0.15, 0.2) is 17.2 Å². The molecule has 0 spiro atoms. The molecule has 0 radical (unpaired) electrons. The summed E-state index contributed by atoms with van der Waals surface area (Å²) < 4.78 is 16.7. The highest BCUT2D eigenvalue weighted by molar-refractivity contribution is 6.12. The molecular formula is C22H23NO4. The molecule has 0 atom stereocenters. The van der Waals surface area contributed by atoms with Gasteiger partial charge in [-0.05, 0) is 63.6 Å². The topological polar surface area (TPSA) is 57.1 Å². The van der Waals surface area contributed by atoms with Crippen LogP contribution in [0.15, 0.2) is 53.2 Å². The molecule has 140 valence electrons. The van der Waals surface area contributed by atoms with Crippen LogP contribution in [0.3, 0.4) is 0 Å². The first-order valence-corrected chi connectivity index (χ1v) is 8.99. The third kappa shape index (κ3) is 4.56. The van der Waals surface area contributed by atoms with Crippen molar-refractivity contribution in [2.75, 3.05) is 6.61 Å². The van der Waals surface area contributed by atoms with E-state index < -0.39 is 5.97 Å². The number of ether oxygens (including phenoxy) is 3. The Kier molecular flexibility index (Phi) is 5.60. The molecule has 0 aromatic heterocycles. The maximum Gasteiger partial charge on any atom is 0.363 e. The van der Waals surface area contributed by atoms with Crippen LogP contribution in [0, 0.1) is 6.92 Å². The van der Waals surface area contributed by atoms with Crippen LogP contribution in [-0.4, -0.2) is 24.6 Å². The summed E-state index contributed by atoms with van der Waals surface area (Å²) in [4.78, 5) is 16.5. The molecule has 0 bridgehead atoms. The fraction of sp³-hybridized carbons (Fsp3) is 0.273. The average molecular weight is 365 g/mol. The number of hydrogen-bond donors (Lipinski definition) is 0. The number of nitrogens with zero attached hydrogens (tertiary/aromatic N) is 1. The highest BCUT2D eigenvalue weighted by Crippen LogP contribution is 2.31. The Morgan fingerprint density at radius 1 is 1.11 bits per heavy atom. The number of cyclic esters (lactones) is 1. The molecule has 1 aliphatic heterocycles. The fourth-order valence-electron chi connectivity index (χ4n) is 2.62. The zero-order valence-electron chi connectivity index (χ0n) is 16.0. The summed E-state index contributed by atoms with van der Waals surface area (Å²) in [7, 11) is 0. The van der Waals surface area contributed by atoms with Gasteiger partial charge >= 0.3 is 5.97 Å². The lowest BCUT2D eigenvalue weighted by Gasteiger charge is -2.14. The van der Waals surface area contributed by atoms with Crippen molar-refractivity contribution < 1.29 is 19.0 Å². The third-order valence-corrected chi connectivity index (χ3v) is 3.85. The zero-order valence-corrected chi connectivity index (χ0v) is 16.0. The van der Waals surface area contributed by atoms with E-state index in [9.17, 15) is 4.79 Å². The van der Waals surface area contributed by atoms with Gasteiger partial charge in [0.25, 0.3) is 0 Å². The SMILES string of the molecule is CCOc1cc(/C=C2\N=C(c3ccc(C)cc3)OC2=O)ccc1OC(C)C. The van der Waals surface area contributed by atoms with Gasteiger partial charge in [-0.25, -0.2) is 9.79 Å². The normalized spacial score (nSPS) is 15.1. The number of carbonyl (C=O) groups excluding carboxylic acids is 1. The van der Waals surface area contributed by atoms with Gasteiger partial charge in [0.05, 0.1) is 12.7 Å². The second kappa shape index (κ2) is 8.08. The predicted molar refractivity (Wildman–Crippen MR) is 105 cm³/mol. The molecule has 1 heterocycles. The van der Waals surface area contributed by atoms with E-state index in [1.165, 1.54) is 0 Å². The number of rotatable bonds is 6. The van der Waals surface area contributed by atoms with E-state index in [1.54, 1.807) is 6.08 Å². The molecule has 0 saturated carbocycles. The van der Waals surface area contributed by atoms with Gasteiger partial charge in [-0.2, -0.15) is 0 Å². The minimum absolute atomic E-state index is 0.0416. The fourth-order valence-corrected chi connectivity index (χ4v) is 2.62. The highest BCUT2D eigenvalue weighted by Gasteiger charge is 2.24. The lowest BCUT2D eigenvalue weighted by atomic mass is 10.1. The van der Waals surface area contributed by atoms with Gasteiger partial charge in [-0.1, -0.05) is 23.8 Å². The van der Waals surface area contributed by atoms with Gasteiger partial charge in [0.2, 0.25) is 5.90 Å². The summed E-state index contributed by atoms with van der Waals surface area (Å²) in [6, 6.07) is 13.2. The number of benzene rings is 2. The first kappa shape index (κ1) is 18.7. The second-order valence-corrected chi connectivity index (χ2v) is 6.51. The van der Waals surface area contributed by atoms with Crippen LogP contribution in [0.25, 0.3) is 6.08 Å². The minimum atomic E-state index is -0.467. The Morgan fingerprint density at radius 2 is 1.85 bits per heavy atom. The lowest BCUT2D eigenvalue weighted by molar-refractivity contribution is -0.129. The van der Waals surface area contributed by atoms with E-state index in [2.05, 4.69) is 4.99 Å². The van der Waals surface area contributed by atoms with Crippen molar-refractivity contribution in [2.24, 2.45) is 4.99 Å². The zero-order chi connectivity index (χ0) is 19.4. The van der Waals surface area contributed by atoms with E-state index >= 15 is 0 Å². The van der Waals surface area contributed by atoms with Gasteiger partial charge in [-0.3, -0.25) is 0 Å². The molecule has 5 heteroatoms. The maximum absolute atomic E-state index is 12.2. The van der Waals surface area contributed by atoms with Gasteiger partial charge in [0, 0.05) is 5.56 Å². The summed E-state index contributed by atoms with van der Waals surface area (Å²) in [5.41, 5.74) is 2.94. The Hall–Kier alpha value is -3.08. The van der Waals surface area contributed by atoms with E-state index in [1.807, 2.05) is 70.2 Å². The largest absolute Gasteiger partial charge is 0.490 e. The van der Waals surface area contributed by atoms with Crippen molar-refractivity contribution in [1.82, 2.24) is 0 Å². The molecular weight excluding hydrogens is 342 g/mol. The van der Waals surface area contributed by atoms with Gasteiger partial charge in [0.1, 0.15) is 0 Å². The molecule has 27 heavy (non-hydrogen) atoms. The summed E-state index contributed by atoms with van der Waals surface area (Å²) in [5.74, 6) is 1.16. The van der Waals surface area contributed by atoms with E-state index in [-0.39, 0.29) is 11.8 Å². The first-order chi connectivity index (χ1) is 13.0. The Morgan fingerprint density at radius 3 is 2.52 bits per heavy atom. The lowest BCUT2D eigenvalue weighted by Crippen LogP contribution is -2.07.